The molecule has 0 saturated carbocycles. The second-order valence-corrected chi connectivity index (χ2v) is 9.89. The molecule has 1 amide bonds. The summed E-state index contributed by atoms with van der Waals surface area (Å²) in [4.78, 5) is 30.8. The Hall–Kier alpha value is -4.08. The number of ether oxygens (including phenoxy) is 4. The molecule has 0 radical (unpaired) electrons. The molecule has 2 saturated heterocycles. The minimum atomic E-state index is -0.807. The van der Waals surface area contributed by atoms with E-state index >= 15 is 0 Å². The zero-order valence-corrected chi connectivity index (χ0v) is 23.8. The number of likely N-dealkylation sites (tertiary alicyclic amines) is 1. The normalized spacial score (nSPS) is 18.8. The number of carbonyl (C=O) groups excluding carboxylic acids is 2. The highest BCUT2D eigenvalue weighted by Gasteiger charge is 2.46. The van der Waals surface area contributed by atoms with Crippen LogP contribution in [0.25, 0.3) is 5.76 Å². The zero-order valence-electron chi connectivity index (χ0n) is 23.8. The van der Waals surface area contributed by atoms with Gasteiger partial charge < -0.3 is 29.0 Å². The summed E-state index contributed by atoms with van der Waals surface area (Å²) in [5.74, 6) is -0.0412. The molecule has 2 heterocycles. The van der Waals surface area contributed by atoms with Gasteiger partial charge in [-0.25, -0.2) is 0 Å². The van der Waals surface area contributed by atoms with Gasteiger partial charge in [-0.3, -0.25) is 14.5 Å². The van der Waals surface area contributed by atoms with Gasteiger partial charge in [0.05, 0.1) is 31.9 Å². The Morgan fingerprint density at radius 2 is 1.76 bits per heavy atom. The maximum Gasteiger partial charge on any atom is 0.295 e. The summed E-state index contributed by atoms with van der Waals surface area (Å²) in [6, 6.07) is 9.66. The van der Waals surface area contributed by atoms with Gasteiger partial charge in [0.15, 0.2) is 11.5 Å². The molecule has 0 aromatic heterocycles. The molecule has 2 aromatic rings. The van der Waals surface area contributed by atoms with Crippen molar-refractivity contribution in [3.63, 3.8) is 0 Å². The molecule has 4 rings (SSSR count). The van der Waals surface area contributed by atoms with Crippen molar-refractivity contribution >= 4 is 17.4 Å². The van der Waals surface area contributed by atoms with Crippen molar-refractivity contribution in [3.8, 4) is 17.2 Å². The lowest BCUT2D eigenvalue weighted by Gasteiger charge is -2.29. The number of aliphatic hydroxyl groups excluding tert-OH is 1. The van der Waals surface area contributed by atoms with Gasteiger partial charge in [0.25, 0.3) is 11.7 Å². The average molecular weight is 563 g/mol. The van der Waals surface area contributed by atoms with Crippen molar-refractivity contribution in [1.82, 2.24) is 9.80 Å². The lowest BCUT2D eigenvalue weighted by atomic mass is 9.93. The van der Waals surface area contributed by atoms with E-state index < -0.39 is 17.7 Å². The molecule has 41 heavy (non-hydrogen) atoms. The standard InChI is InChI=1S/C32H38N2O7/c1-5-16-40-24-9-10-25(22(3)20-24)30(35)28-29(23-8-11-26(41-17-6-2)27(21-23)38-4)34(32(37)31(28)36)13-7-12-33-14-18-39-19-15-33/h5-6,8-11,20-21,29,35H,1-2,7,12-19H2,3-4H3. The van der Waals surface area contributed by atoms with Crippen molar-refractivity contribution in [2.45, 2.75) is 19.4 Å². The monoisotopic (exact) mass is 562 g/mol. The summed E-state index contributed by atoms with van der Waals surface area (Å²) in [7, 11) is 1.53. The van der Waals surface area contributed by atoms with Crippen LogP contribution in [-0.4, -0.2) is 86.3 Å². The van der Waals surface area contributed by atoms with E-state index in [2.05, 4.69) is 18.1 Å². The van der Waals surface area contributed by atoms with Crippen molar-refractivity contribution in [3.05, 3.63) is 84.0 Å². The third-order valence-corrected chi connectivity index (χ3v) is 7.20. The van der Waals surface area contributed by atoms with Gasteiger partial charge in [0.1, 0.15) is 24.7 Å². The summed E-state index contributed by atoms with van der Waals surface area (Å²) in [6.07, 6.45) is 3.94. The molecule has 9 heteroatoms. The Balaban J connectivity index is 1.73. The summed E-state index contributed by atoms with van der Waals surface area (Å²) >= 11 is 0. The first-order valence-corrected chi connectivity index (χ1v) is 13.7. The fourth-order valence-electron chi connectivity index (χ4n) is 5.16. The predicted octanol–water partition coefficient (Wildman–Crippen LogP) is 4.28. The van der Waals surface area contributed by atoms with Crippen molar-refractivity contribution in [2.75, 3.05) is 59.7 Å². The molecule has 2 aliphatic heterocycles. The third-order valence-electron chi connectivity index (χ3n) is 7.20. The van der Waals surface area contributed by atoms with E-state index in [4.69, 9.17) is 18.9 Å². The molecule has 0 bridgehead atoms. The van der Waals surface area contributed by atoms with E-state index in [0.717, 1.165) is 19.6 Å². The lowest BCUT2D eigenvalue weighted by molar-refractivity contribution is -0.140. The van der Waals surface area contributed by atoms with Crippen LogP contribution in [0.15, 0.2) is 67.3 Å². The molecule has 0 spiro atoms. The molecule has 2 aliphatic rings. The fourth-order valence-corrected chi connectivity index (χ4v) is 5.16. The van der Waals surface area contributed by atoms with E-state index in [1.165, 1.54) is 7.11 Å². The quantitative estimate of drug-likeness (QED) is 0.167. The van der Waals surface area contributed by atoms with E-state index in [1.807, 2.05) is 6.92 Å². The van der Waals surface area contributed by atoms with Crippen molar-refractivity contribution in [1.29, 1.82) is 0 Å². The van der Waals surface area contributed by atoms with Crippen molar-refractivity contribution < 1.29 is 33.6 Å². The molecule has 1 N–H and O–H groups in total. The van der Waals surface area contributed by atoms with Gasteiger partial charge in [0.2, 0.25) is 0 Å². The predicted molar refractivity (Wildman–Crippen MR) is 156 cm³/mol. The average Bonchev–Trinajstić information content (AvgIpc) is 3.24. The Morgan fingerprint density at radius 3 is 2.44 bits per heavy atom. The highest BCUT2D eigenvalue weighted by atomic mass is 16.5. The molecule has 0 aliphatic carbocycles. The van der Waals surface area contributed by atoms with E-state index in [-0.39, 0.29) is 11.3 Å². The second-order valence-electron chi connectivity index (χ2n) is 9.89. The Kier molecular flexibility index (Phi) is 10.2. The number of Topliss-reactive ketones (excluding diaryl/α,β-unsaturated/α-hetero) is 1. The number of nitrogens with zero attached hydrogens (tertiary/aromatic N) is 2. The molecule has 2 aromatic carbocycles. The Morgan fingerprint density at radius 1 is 1.02 bits per heavy atom. The minimum Gasteiger partial charge on any atom is -0.507 e. The van der Waals surface area contributed by atoms with Gasteiger partial charge in [-0.15, -0.1) is 0 Å². The lowest BCUT2D eigenvalue weighted by Crippen LogP contribution is -2.39. The van der Waals surface area contributed by atoms with Crippen LogP contribution in [0.1, 0.15) is 29.2 Å². The SMILES string of the molecule is C=CCOc1ccc(C(O)=C2C(=O)C(=O)N(CCCN3CCOCC3)C2c2ccc(OCC=C)c(OC)c2)c(C)c1. The first-order valence-electron chi connectivity index (χ1n) is 13.7. The molecular formula is C32H38N2O7. The zero-order chi connectivity index (χ0) is 29.4. The van der Waals surface area contributed by atoms with Crippen LogP contribution in [0.2, 0.25) is 0 Å². The smallest absolute Gasteiger partial charge is 0.295 e. The number of methoxy groups -OCH3 is 1. The Bertz CT molecular complexity index is 1310. The molecule has 1 atom stereocenters. The van der Waals surface area contributed by atoms with E-state index in [1.54, 1.807) is 53.5 Å². The number of rotatable bonds is 13. The highest BCUT2D eigenvalue weighted by Crippen LogP contribution is 2.42. The summed E-state index contributed by atoms with van der Waals surface area (Å²) in [5.41, 5.74) is 1.81. The molecular weight excluding hydrogens is 524 g/mol. The van der Waals surface area contributed by atoms with Crippen LogP contribution >= 0.6 is 0 Å². The summed E-state index contributed by atoms with van der Waals surface area (Å²) < 4.78 is 22.3. The molecule has 218 valence electrons. The van der Waals surface area contributed by atoms with Crippen LogP contribution < -0.4 is 14.2 Å². The van der Waals surface area contributed by atoms with Gasteiger partial charge in [-0.1, -0.05) is 31.4 Å². The van der Waals surface area contributed by atoms with Crippen LogP contribution in [0.5, 0.6) is 17.2 Å². The number of hydrogen-bond acceptors (Lipinski definition) is 8. The summed E-state index contributed by atoms with van der Waals surface area (Å²) in [5, 5.41) is 11.6. The van der Waals surface area contributed by atoms with Gasteiger partial charge >= 0.3 is 0 Å². The van der Waals surface area contributed by atoms with E-state index in [0.29, 0.717) is 73.3 Å². The third kappa shape index (κ3) is 6.81. The van der Waals surface area contributed by atoms with Crippen LogP contribution in [-0.2, 0) is 14.3 Å². The fraction of sp³-hybridized carbons (Fsp3) is 0.375. The van der Waals surface area contributed by atoms with Crippen LogP contribution in [0.3, 0.4) is 0 Å². The Labute approximate surface area is 241 Å². The van der Waals surface area contributed by atoms with Gasteiger partial charge in [0, 0.05) is 31.7 Å². The van der Waals surface area contributed by atoms with Crippen LogP contribution in [0, 0.1) is 6.92 Å². The topological polar surface area (TPSA) is 97.8 Å². The van der Waals surface area contributed by atoms with Crippen LogP contribution in [0.4, 0.5) is 0 Å². The summed E-state index contributed by atoms with van der Waals surface area (Å²) in [6.45, 7) is 13.9. The van der Waals surface area contributed by atoms with E-state index in [9.17, 15) is 14.7 Å². The maximum atomic E-state index is 13.5. The van der Waals surface area contributed by atoms with Gasteiger partial charge in [-0.2, -0.15) is 0 Å². The van der Waals surface area contributed by atoms with Gasteiger partial charge in [-0.05, 0) is 54.8 Å². The maximum absolute atomic E-state index is 13.5. The number of carbonyl (C=O) groups is 2. The number of amides is 1. The minimum absolute atomic E-state index is 0.0334. The molecule has 1 unspecified atom stereocenters. The number of benzene rings is 2. The number of aryl methyl sites for hydroxylation is 1. The highest BCUT2D eigenvalue weighted by molar-refractivity contribution is 6.46. The number of ketones is 1. The second kappa shape index (κ2) is 14.0. The number of morpholine rings is 1. The first-order chi connectivity index (χ1) is 19.9. The van der Waals surface area contributed by atoms with Crippen molar-refractivity contribution in [2.24, 2.45) is 0 Å². The first kappa shape index (κ1) is 29.9. The number of aliphatic hydroxyl groups is 1. The largest absolute Gasteiger partial charge is 0.507 e. The molecule has 9 nitrogen and oxygen atoms in total. The molecule has 2 fully saturated rings. The number of hydrogen-bond donors (Lipinski definition) is 1.